The number of hydrogen-bond acceptors (Lipinski definition) is 2. The minimum Gasteiger partial charge on any atom is -0.466 e. The summed E-state index contributed by atoms with van der Waals surface area (Å²) in [6.07, 6.45) is 10.8. The molecule has 0 aliphatic rings. The van der Waals surface area contributed by atoms with Crippen molar-refractivity contribution in [2.75, 3.05) is 7.11 Å². The van der Waals surface area contributed by atoms with Crippen LogP contribution in [0.3, 0.4) is 0 Å². The Hall–Kier alpha value is -0.790. The van der Waals surface area contributed by atoms with E-state index in [0.29, 0.717) is 0 Å². The summed E-state index contributed by atoms with van der Waals surface area (Å²) in [6.45, 7) is 4.53. The molecule has 0 fully saturated rings. The molecule has 0 heterocycles. The third-order valence-corrected chi connectivity index (χ3v) is 2.36. The zero-order chi connectivity index (χ0) is 11.5. The van der Waals surface area contributed by atoms with Gasteiger partial charge in [0.1, 0.15) is 0 Å². The number of allylic oxidation sites excluding steroid dienone is 1. The molecule has 0 spiro atoms. The van der Waals surface area contributed by atoms with E-state index < -0.39 is 0 Å². The Kier molecular flexibility index (Phi) is 9.24. The van der Waals surface area contributed by atoms with Crippen LogP contribution in [0, 0.1) is 5.92 Å². The second-order valence-electron chi connectivity index (χ2n) is 4.31. The van der Waals surface area contributed by atoms with E-state index in [1.54, 1.807) is 0 Å². The molecule has 0 aromatic heterocycles. The number of rotatable bonds is 8. The van der Waals surface area contributed by atoms with E-state index in [4.69, 9.17) is 0 Å². The summed E-state index contributed by atoms with van der Waals surface area (Å²) in [4.78, 5) is 10.7. The smallest absolute Gasteiger partial charge is 0.330 e. The van der Waals surface area contributed by atoms with Crippen LogP contribution in [0.15, 0.2) is 12.2 Å². The maximum Gasteiger partial charge on any atom is 0.330 e. The van der Waals surface area contributed by atoms with Crippen molar-refractivity contribution in [1.29, 1.82) is 0 Å². The first kappa shape index (κ1) is 14.2. The monoisotopic (exact) mass is 212 g/mol. The third kappa shape index (κ3) is 11.1. The topological polar surface area (TPSA) is 26.3 Å². The molecule has 88 valence electrons. The molecule has 2 heteroatoms. The molecule has 0 N–H and O–H groups in total. The highest BCUT2D eigenvalue weighted by Crippen LogP contribution is 2.10. The van der Waals surface area contributed by atoms with Crippen molar-refractivity contribution >= 4 is 5.97 Å². The Balaban J connectivity index is 3.18. The minimum absolute atomic E-state index is 0.255. The van der Waals surface area contributed by atoms with Gasteiger partial charge in [0, 0.05) is 6.08 Å². The Morgan fingerprint density at radius 2 is 1.87 bits per heavy atom. The second-order valence-corrected chi connectivity index (χ2v) is 4.31. The van der Waals surface area contributed by atoms with Crippen molar-refractivity contribution in [2.24, 2.45) is 5.92 Å². The predicted molar refractivity (Wildman–Crippen MR) is 63.7 cm³/mol. The summed E-state index contributed by atoms with van der Waals surface area (Å²) in [5.41, 5.74) is 0. The lowest BCUT2D eigenvalue weighted by atomic mass is 10.0. The third-order valence-electron chi connectivity index (χ3n) is 2.36. The summed E-state index contributed by atoms with van der Waals surface area (Å²) in [5.74, 6) is 0.569. The van der Waals surface area contributed by atoms with Gasteiger partial charge in [-0.2, -0.15) is 0 Å². The van der Waals surface area contributed by atoms with E-state index in [1.807, 2.05) is 6.08 Å². The Morgan fingerprint density at radius 1 is 1.20 bits per heavy atom. The molecule has 0 bridgehead atoms. The summed E-state index contributed by atoms with van der Waals surface area (Å²) < 4.78 is 4.50. The molecule has 0 rings (SSSR count). The van der Waals surface area contributed by atoms with E-state index in [0.717, 1.165) is 12.3 Å². The molecule has 0 amide bonds. The largest absolute Gasteiger partial charge is 0.466 e. The zero-order valence-electron chi connectivity index (χ0n) is 10.3. The van der Waals surface area contributed by atoms with Crippen LogP contribution in [0.4, 0.5) is 0 Å². The van der Waals surface area contributed by atoms with Crippen LogP contribution in [-0.4, -0.2) is 13.1 Å². The van der Waals surface area contributed by atoms with Crippen LogP contribution in [-0.2, 0) is 9.53 Å². The average Bonchev–Trinajstić information content (AvgIpc) is 2.21. The summed E-state index contributed by atoms with van der Waals surface area (Å²) in [7, 11) is 1.40. The number of ether oxygens (including phenoxy) is 1. The SMILES string of the molecule is COC(=O)C=CCCCCCCC(C)C. The van der Waals surface area contributed by atoms with E-state index in [-0.39, 0.29) is 5.97 Å². The number of carbonyl (C=O) groups is 1. The molecule has 0 aliphatic heterocycles. The zero-order valence-corrected chi connectivity index (χ0v) is 10.3. The average molecular weight is 212 g/mol. The van der Waals surface area contributed by atoms with Gasteiger partial charge in [0.2, 0.25) is 0 Å². The van der Waals surface area contributed by atoms with Crippen molar-refractivity contribution in [3.63, 3.8) is 0 Å². The van der Waals surface area contributed by atoms with Crippen LogP contribution in [0.25, 0.3) is 0 Å². The van der Waals surface area contributed by atoms with Crippen LogP contribution in [0.5, 0.6) is 0 Å². The quantitative estimate of drug-likeness (QED) is 0.348. The number of hydrogen-bond donors (Lipinski definition) is 0. The molecule has 0 aliphatic carbocycles. The predicted octanol–water partition coefficient (Wildman–Crippen LogP) is 3.71. The Morgan fingerprint density at radius 3 is 2.47 bits per heavy atom. The van der Waals surface area contributed by atoms with Crippen molar-refractivity contribution in [3.8, 4) is 0 Å². The van der Waals surface area contributed by atoms with Crippen LogP contribution in [0.1, 0.15) is 52.4 Å². The molecule has 0 saturated carbocycles. The molecular formula is C13H24O2. The van der Waals surface area contributed by atoms with Crippen LogP contribution < -0.4 is 0 Å². The molecule has 2 nitrogen and oxygen atoms in total. The van der Waals surface area contributed by atoms with Gasteiger partial charge in [-0.1, -0.05) is 45.6 Å². The number of methoxy groups -OCH3 is 1. The summed E-state index contributed by atoms with van der Waals surface area (Å²) in [5, 5.41) is 0. The van der Waals surface area contributed by atoms with Gasteiger partial charge in [-0.05, 0) is 18.8 Å². The lowest BCUT2D eigenvalue weighted by Gasteiger charge is -2.02. The van der Waals surface area contributed by atoms with Gasteiger partial charge in [0.25, 0.3) is 0 Å². The fraction of sp³-hybridized carbons (Fsp3) is 0.769. The minimum atomic E-state index is -0.255. The highest BCUT2D eigenvalue weighted by atomic mass is 16.5. The maximum atomic E-state index is 10.7. The standard InChI is InChI=1S/C13H24O2/c1-12(2)10-8-6-4-5-7-9-11-13(14)15-3/h9,11-12H,4-8,10H2,1-3H3. The fourth-order valence-electron chi connectivity index (χ4n) is 1.42. The first-order valence-electron chi connectivity index (χ1n) is 5.91. The number of unbranched alkanes of at least 4 members (excludes halogenated alkanes) is 4. The summed E-state index contributed by atoms with van der Waals surface area (Å²) >= 11 is 0. The van der Waals surface area contributed by atoms with Crippen molar-refractivity contribution in [3.05, 3.63) is 12.2 Å². The van der Waals surface area contributed by atoms with Gasteiger partial charge in [0.15, 0.2) is 0 Å². The van der Waals surface area contributed by atoms with Crippen molar-refractivity contribution < 1.29 is 9.53 Å². The lowest BCUT2D eigenvalue weighted by Crippen LogP contribution is -1.93. The fourth-order valence-corrected chi connectivity index (χ4v) is 1.42. The van der Waals surface area contributed by atoms with Gasteiger partial charge >= 0.3 is 5.97 Å². The second kappa shape index (κ2) is 9.75. The number of esters is 1. The van der Waals surface area contributed by atoms with E-state index in [1.165, 1.54) is 45.3 Å². The molecule has 15 heavy (non-hydrogen) atoms. The normalized spacial score (nSPS) is 11.2. The van der Waals surface area contributed by atoms with Gasteiger partial charge in [-0.25, -0.2) is 4.79 Å². The van der Waals surface area contributed by atoms with Gasteiger partial charge < -0.3 is 4.74 Å². The lowest BCUT2D eigenvalue weighted by molar-refractivity contribution is -0.134. The van der Waals surface area contributed by atoms with Gasteiger partial charge in [0.05, 0.1) is 7.11 Å². The van der Waals surface area contributed by atoms with Gasteiger partial charge in [-0.3, -0.25) is 0 Å². The molecule has 0 unspecified atom stereocenters. The van der Waals surface area contributed by atoms with E-state index in [9.17, 15) is 4.79 Å². The molecular weight excluding hydrogens is 188 g/mol. The van der Waals surface area contributed by atoms with E-state index in [2.05, 4.69) is 18.6 Å². The number of carbonyl (C=O) groups excluding carboxylic acids is 1. The molecule has 0 saturated heterocycles. The highest BCUT2D eigenvalue weighted by Gasteiger charge is 1.94. The van der Waals surface area contributed by atoms with Crippen LogP contribution >= 0.6 is 0 Å². The van der Waals surface area contributed by atoms with Crippen molar-refractivity contribution in [1.82, 2.24) is 0 Å². The van der Waals surface area contributed by atoms with Crippen molar-refractivity contribution in [2.45, 2.75) is 52.4 Å². The Labute approximate surface area is 93.7 Å². The maximum absolute atomic E-state index is 10.7. The first-order chi connectivity index (χ1) is 7.16. The van der Waals surface area contributed by atoms with Crippen LogP contribution in [0.2, 0.25) is 0 Å². The summed E-state index contributed by atoms with van der Waals surface area (Å²) in [6, 6.07) is 0. The van der Waals surface area contributed by atoms with Gasteiger partial charge in [-0.15, -0.1) is 0 Å². The molecule has 0 aromatic carbocycles. The van der Waals surface area contributed by atoms with E-state index >= 15 is 0 Å². The molecule has 0 atom stereocenters. The highest BCUT2D eigenvalue weighted by molar-refractivity contribution is 5.81. The first-order valence-corrected chi connectivity index (χ1v) is 5.91. The molecule has 0 radical (unpaired) electrons. The molecule has 0 aromatic rings. The Bertz CT molecular complexity index is 183.